The summed E-state index contributed by atoms with van der Waals surface area (Å²) < 4.78 is 14.7. The molecule has 0 radical (unpaired) electrons. The summed E-state index contributed by atoms with van der Waals surface area (Å²) in [6.45, 7) is 1.80. The first kappa shape index (κ1) is 13.0. The first-order valence-electron chi connectivity index (χ1n) is 6.01. The zero-order valence-corrected chi connectivity index (χ0v) is 12.2. The van der Waals surface area contributed by atoms with Crippen LogP contribution in [0.25, 0.3) is 0 Å². The van der Waals surface area contributed by atoms with Crippen LogP contribution in [0.4, 0.5) is 15.8 Å². The fourth-order valence-electron chi connectivity index (χ4n) is 2.06. The lowest BCUT2D eigenvalue weighted by molar-refractivity contribution is -0.110. The molecule has 0 aliphatic carbocycles. The SMILES string of the molecule is Cc1ccc(N=C2C(=O)Nc3ccc(Br)cc32)c(F)c1. The summed E-state index contributed by atoms with van der Waals surface area (Å²) >= 11 is 3.35. The van der Waals surface area contributed by atoms with Crippen molar-refractivity contribution >= 4 is 38.9 Å². The van der Waals surface area contributed by atoms with Crippen molar-refractivity contribution in [2.24, 2.45) is 4.99 Å². The Morgan fingerprint density at radius 2 is 2.00 bits per heavy atom. The number of nitrogens with zero attached hydrogens (tertiary/aromatic N) is 1. The molecule has 3 rings (SSSR count). The minimum absolute atomic E-state index is 0.161. The number of aliphatic imine (C=N–C) groups is 1. The van der Waals surface area contributed by atoms with Gasteiger partial charge in [-0.15, -0.1) is 0 Å². The maximum absolute atomic E-state index is 13.8. The van der Waals surface area contributed by atoms with E-state index in [4.69, 9.17) is 0 Å². The highest BCUT2D eigenvalue weighted by atomic mass is 79.9. The second-order valence-corrected chi connectivity index (χ2v) is 5.47. The van der Waals surface area contributed by atoms with E-state index in [9.17, 15) is 9.18 Å². The molecule has 0 fully saturated rings. The third kappa shape index (κ3) is 2.25. The predicted octanol–water partition coefficient (Wildman–Crippen LogP) is 3.97. The molecule has 0 atom stereocenters. The van der Waals surface area contributed by atoms with Crippen LogP contribution in [0.3, 0.4) is 0 Å². The quantitative estimate of drug-likeness (QED) is 0.843. The molecular formula is C15H10BrFN2O. The number of halogens is 2. The molecule has 0 bridgehead atoms. The monoisotopic (exact) mass is 332 g/mol. The molecule has 1 amide bonds. The second-order valence-electron chi connectivity index (χ2n) is 4.56. The average molecular weight is 333 g/mol. The highest BCUT2D eigenvalue weighted by Gasteiger charge is 2.26. The lowest BCUT2D eigenvalue weighted by Gasteiger charge is -2.01. The normalized spacial score (nSPS) is 15.3. The summed E-state index contributed by atoms with van der Waals surface area (Å²) in [5, 5.41) is 2.71. The van der Waals surface area contributed by atoms with Gasteiger partial charge in [-0.1, -0.05) is 22.0 Å². The smallest absolute Gasteiger partial charge is 0.275 e. The number of hydrogen-bond donors (Lipinski definition) is 1. The Kier molecular flexibility index (Phi) is 3.14. The summed E-state index contributed by atoms with van der Waals surface area (Å²) in [6.07, 6.45) is 0. The number of carbonyl (C=O) groups is 1. The van der Waals surface area contributed by atoms with Gasteiger partial charge in [0.1, 0.15) is 11.5 Å². The maximum atomic E-state index is 13.8. The zero-order chi connectivity index (χ0) is 14.3. The number of hydrogen-bond acceptors (Lipinski definition) is 2. The van der Waals surface area contributed by atoms with Gasteiger partial charge in [0.05, 0.1) is 11.4 Å². The number of amides is 1. The topological polar surface area (TPSA) is 41.5 Å². The number of carbonyl (C=O) groups excluding carboxylic acids is 1. The fraction of sp³-hybridized carbons (Fsp3) is 0.0667. The summed E-state index contributed by atoms with van der Waals surface area (Å²) in [7, 11) is 0. The van der Waals surface area contributed by atoms with Crippen molar-refractivity contribution < 1.29 is 9.18 Å². The van der Waals surface area contributed by atoms with E-state index >= 15 is 0 Å². The van der Waals surface area contributed by atoms with Gasteiger partial charge in [-0.3, -0.25) is 4.79 Å². The van der Waals surface area contributed by atoms with Crippen LogP contribution in [0.15, 0.2) is 45.9 Å². The van der Waals surface area contributed by atoms with Crippen molar-refractivity contribution in [3.05, 3.63) is 57.8 Å². The third-order valence-electron chi connectivity index (χ3n) is 3.04. The molecule has 3 nitrogen and oxygen atoms in total. The van der Waals surface area contributed by atoms with Gasteiger partial charge in [0.15, 0.2) is 0 Å². The summed E-state index contributed by atoms with van der Waals surface area (Å²) in [6, 6.07) is 10.1. The minimum Gasteiger partial charge on any atom is -0.320 e. The largest absolute Gasteiger partial charge is 0.320 e. The van der Waals surface area contributed by atoms with Crippen molar-refractivity contribution in [2.45, 2.75) is 6.92 Å². The predicted molar refractivity (Wildman–Crippen MR) is 80.1 cm³/mol. The molecule has 1 heterocycles. The molecule has 100 valence electrons. The molecule has 0 saturated carbocycles. The third-order valence-corrected chi connectivity index (χ3v) is 3.53. The summed E-state index contributed by atoms with van der Waals surface area (Å²) in [5.41, 5.74) is 2.55. The van der Waals surface area contributed by atoms with Gasteiger partial charge >= 0.3 is 0 Å². The van der Waals surface area contributed by atoms with E-state index in [1.807, 2.05) is 6.07 Å². The van der Waals surface area contributed by atoms with Crippen LogP contribution < -0.4 is 5.32 Å². The molecular weight excluding hydrogens is 323 g/mol. The maximum Gasteiger partial charge on any atom is 0.275 e. The molecule has 0 unspecified atom stereocenters. The van der Waals surface area contributed by atoms with Crippen LogP contribution >= 0.6 is 15.9 Å². The lowest BCUT2D eigenvalue weighted by Crippen LogP contribution is -2.14. The van der Waals surface area contributed by atoms with Gasteiger partial charge in [-0.05, 0) is 42.8 Å². The van der Waals surface area contributed by atoms with Gasteiger partial charge in [-0.25, -0.2) is 9.38 Å². The summed E-state index contributed by atoms with van der Waals surface area (Å²) in [4.78, 5) is 16.1. The van der Waals surface area contributed by atoms with E-state index in [0.29, 0.717) is 11.3 Å². The second kappa shape index (κ2) is 4.83. The zero-order valence-electron chi connectivity index (χ0n) is 10.6. The van der Waals surface area contributed by atoms with E-state index in [2.05, 4.69) is 26.2 Å². The van der Waals surface area contributed by atoms with Gasteiger partial charge in [0, 0.05) is 10.0 Å². The highest BCUT2D eigenvalue weighted by Crippen LogP contribution is 2.29. The first-order chi connectivity index (χ1) is 9.54. The number of fused-ring (bicyclic) bond motifs is 1. The molecule has 0 saturated heterocycles. The molecule has 1 aliphatic rings. The average Bonchev–Trinajstić information content (AvgIpc) is 2.69. The Hall–Kier alpha value is -2.01. The van der Waals surface area contributed by atoms with Gasteiger partial charge in [-0.2, -0.15) is 0 Å². The van der Waals surface area contributed by atoms with Crippen molar-refractivity contribution in [1.29, 1.82) is 0 Å². The van der Waals surface area contributed by atoms with E-state index in [1.165, 1.54) is 6.07 Å². The van der Waals surface area contributed by atoms with Gasteiger partial charge in [0.25, 0.3) is 5.91 Å². The number of aryl methyl sites for hydroxylation is 1. The Morgan fingerprint density at radius 1 is 1.20 bits per heavy atom. The van der Waals surface area contributed by atoms with Crippen molar-refractivity contribution in [1.82, 2.24) is 0 Å². The van der Waals surface area contributed by atoms with Crippen LogP contribution in [0.5, 0.6) is 0 Å². The number of anilines is 1. The van der Waals surface area contributed by atoms with Gasteiger partial charge < -0.3 is 5.32 Å². The number of rotatable bonds is 1. The van der Waals surface area contributed by atoms with Crippen molar-refractivity contribution in [2.75, 3.05) is 5.32 Å². The van der Waals surface area contributed by atoms with E-state index in [1.54, 1.807) is 31.2 Å². The van der Waals surface area contributed by atoms with Crippen LogP contribution in [0.1, 0.15) is 11.1 Å². The Bertz CT molecular complexity index is 756. The Balaban J connectivity index is 2.13. The fourth-order valence-corrected chi connectivity index (χ4v) is 2.42. The van der Waals surface area contributed by atoms with E-state index in [-0.39, 0.29) is 17.3 Å². The molecule has 2 aromatic carbocycles. The first-order valence-corrected chi connectivity index (χ1v) is 6.80. The van der Waals surface area contributed by atoms with Crippen molar-refractivity contribution in [3.8, 4) is 0 Å². The molecule has 5 heteroatoms. The number of nitrogens with one attached hydrogen (secondary N) is 1. The Labute approximate surface area is 123 Å². The molecule has 2 aromatic rings. The van der Waals surface area contributed by atoms with E-state index < -0.39 is 5.82 Å². The lowest BCUT2D eigenvalue weighted by atomic mass is 10.1. The molecule has 1 N–H and O–H groups in total. The standard InChI is InChI=1S/C15H10BrFN2O/c1-8-2-4-13(11(17)6-8)18-14-10-7-9(16)3-5-12(10)19-15(14)20/h2-7H,1H3,(H,18,19,20). The summed E-state index contributed by atoms with van der Waals surface area (Å²) in [5.74, 6) is -0.758. The molecule has 0 aromatic heterocycles. The molecule has 0 spiro atoms. The van der Waals surface area contributed by atoms with E-state index in [0.717, 1.165) is 10.0 Å². The molecule has 20 heavy (non-hydrogen) atoms. The van der Waals surface area contributed by atoms with Crippen LogP contribution in [-0.2, 0) is 4.79 Å². The van der Waals surface area contributed by atoms with Gasteiger partial charge in [0.2, 0.25) is 0 Å². The Morgan fingerprint density at radius 3 is 2.75 bits per heavy atom. The molecule has 1 aliphatic heterocycles. The highest BCUT2D eigenvalue weighted by molar-refractivity contribution is 9.10. The van der Waals surface area contributed by atoms with Crippen LogP contribution in [0.2, 0.25) is 0 Å². The number of benzene rings is 2. The van der Waals surface area contributed by atoms with Crippen LogP contribution in [-0.4, -0.2) is 11.6 Å². The van der Waals surface area contributed by atoms with Crippen LogP contribution in [0, 0.1) is 12.7 Å². The minimum atomic E-state index is -0.436. The van der Waals surface area contributed by atoms with Crippen molar-refractivity contribution in [3.63, 3.8) is 0 Å².